The first-order valence-electron chi connectivity index (χ1n) is 7.50. The predicted octanol–water partition coefficient (Wildman–Crippen LogP) is 3.20. The number of hydrogen-bond donors (Lipinski definition) is 1. The van der Waals surface area contributed by atoms with E-state index in [0.29, 0.717) is 20.7 Å². The predicted molar refractivity (Wildman–Crippen MR) is 95.1 cm³/mol. The summed E-state index contributed by atoms with van der Waals surface area (Å²) < 4.78 is 34.2. The Bertz CT molecular complexity index is 633. The van der Waals surface area contributed by atoms with Crippen LogP contribution in [-0.2, 0) is 21.0 Å². The maximum Gasteiger partial charge on any atom is 0.397 e. The highest BCUT2D eigenvalue weighted by Crippen LogP contribution is 2.26. The summed E-state index contributed by atoms with van der Waals surface area (Å²) in [5.41, 5.74) is 1.70. The molecule has 1 N–H and O–H groups in total. The van der Waals surface area contributed by atoms with Crippen molar-refractivity contribution in [2.24, 2.45) is 0 Å². The minimum absolute atomic E-state index is 0.0173. The Morgan fingerprint density at radius 3 is 2.22 bits per heavy atom. The van der Waals surface area contributed by atoms with E-state index in [1.807, 2.05) is 36.4 Å². The SMILES string of the molecule is O=S(=O)(O)OCCC[C@H](Cc1ccccc1)Pc1ccccc1. The first-order chi connectivity index (χ1) is 11.0. The number of hydrogen-bond acceptors (Lipinski definition) is 3. The summed E-state index contributed by atoms with van der Waals surface area (Å²) >= 11 is 0. The molecule has 2 rings (SSSR count). The Morgan fingerprint density at radius 2 is 1.61 bits per heavy atom. The van der Waals surface area contributed by atoms with Gasteiger partial charge in [0.15, 0.2) is 0 Å². The minimum atomic E-state index is -4.34. The van der Waals surface area contributed by atoms with Crippen molar-refractivity contribution in [3.8, 4) is 0 Å². The Labute approximate surface area is 139 Å². The van der Waals surface area contributed by atoms with Gasteiger partial charge in [-0.05, 0) is 35.8 Å². The van der Waals surface area contributed by atoms with Crippen LogP contribution in [0.25, 0.3) is 0 Å². The van der Waals surface area contributed by atoms with Crippen LogP contribution in [0, 0.1) is 0 Å². The lowest BCUT2D eigenvalue weighted by Crippen LogP contribution is -2.12. The van der Waals surface area contributed by atoms with Gasteiger partial charge in [0.1, 0.15) is 0 Å². The number of benzene rings is 2. The lowest BCUT2D eigenvalue weighted by molar-refractivity contribution is 0.262. The zero-order valence-corrected chi connectivity index (χ0v) is 14.6. The van der Waals surface area contributed by atoms with Crippen molar-refractivity contribution in [1.29, 1.82) is 0 Å². The van der Waals surface area contributed by atoms with Crippen molar-refractivity contribution in [2.75, 3.05) is 6.61 Å². The molecule has 0 bridgehead atoms. The quantitative estimate of drug-likeness (QED) is 0.428. The van der Waals surface area contributed by atoms with Crippen LogP contribution in [0.3, 0.4) is 0 Å². The molecule has 0 aliphatic rings. The van der Waals surface area contributed by atoms with E-state index in [0.717, 1.165) is 12.8 Å². The highest BCUT2D eigenvalue weighted by Gasteiger charge is 2.12. The topological polar surface area (TPSA) is 63.6 Å². The lowest BCUT2D eigenvalue weighted by atomic mass is 10.1. The van der Waals surface area contributed by atoms with E-state index >= 15 is 0 Å². The molecule has 0 amide bonds. The fraction of sp³-hybridized carbons (Fsp3) is 0.294. The molecule has 0 heterocycles. The molecule has 0 spiro atoms. The fourth-order valence-corrected chi connectivity index (χ4v) is 4.26. The maximum absolute atomic E-state index is 10.6. The summed E-state index contributed by atoms with van der Waals surface area (Å²) in [6.07, 6.45) is 2.38. The van der Waals surface area contributed by atoms with E-state index in [-0.39, 0.29) is 6.61 Å². The maximum atomic E-state index is 10.6. The summed E-state index contributed by atoms with van der Waals surface area (Å²) in [6.45, 7) is 0.0173. The third-order valence-corrected chi connectivity index (χ3v) is 5.43. The second-order valence-electron chi connectivity index (χ2n) is 5.29. The molecule has 23 heavy (non-hydrogen) atoms. The molecule has 2 aromatic rings. The highest BCUT2D eigenvalue weighted by molar-refractivity contribution is 7.80. The van der Waals surface area contributed by atoms with E-state index in [9.17, 15) is 8.42 Å². The van der Waals surface area contributed by atoms with Crippen LogP contribution in [0.5, 0.6) is 0 Å². The molecule has 0 fully saturated rings. The Hall–Kier alpha value is -1.26. The smallest absolute Gasteiger partial charge is 0.264 e. The van der Waals surface area contributed by atoms with Gasteiger partial charge < -0.3 is 0 Å². The molecule has 6 heteroatoms. The van der Waals surface area contributed by atoms with Gasteiger partial charge in [0.25, 0.3) is 0 Å². The molecular weight excluding hydrogens is 331 g/mol. The Kier molecular flexibility index (Phi) is 7.18. The van der Waals surface area contributed by atoms with Gasteiger partial charge in [-0.25, -0.2) is 4.18 Å². The Balaban J connectivity index is 1.93. The van der Waals surface area contributed by atoms with Crippen molar-refractivity contribution >= 4 is 24.3 Å². The van der Waals surface area contributed by atoms with Crippen LogP contribution in [0.15, 0.2) is 60.7 Å². The van der Waals surface area contributed by atoms with E-state index < -0.39 is 10.4 Å². The van der Waals surface area contributed by atoms with Gasteiger partial charge in [-0.1, -0.05) is 69.2 Å². The second kappa shape index (κ2) is 9.14. The summed E-state index contributed by atoms with van der Waals surface area (Å²) in [6, 6.07) is 20.6. The molecule has 124 valence electrons. The summed E-state index contributed by atoms with van der Waals surface area (Å²) in [4.78, 5) is 0. The second-order valence-corrected chi connectivity index (χ2v) is 8.06. The highest BCUT2D eigenvalue weighted by atomic mass is 32.3. The van der Waals surface area contributed by atoms with Gasteiger partial charge in [0, 0.05) is 0 Å². The van der Waals surface area contributed by atoms with Crippen LogP contribution in [0.2, 0.25) is 0 Å². The number of rotatable bonds is 9. The first-order valence-corrected chi connectivity index (χ1v) is 9.94. The van der Waals surface area contributed by atoms with Crippen molar-refractivity contribution in [1.82, 2.24) is 0 Å². The molecule has 0 aromatic heterocycles. The van der Waals surface area contributed by atoms with E-state index in [1.165, 1.54) is 10.9 Å². The standard InChI is InChI=1S/C17H21O4PS/c18-23(19,20)21-13-7-12-17(14-15-8-3-1-4-9-15)22-16-10-5-2-6-11-16/h1-6,8-11,17,22H,7,12-14H2,(H,18,19,20)/t17-/m1/s1. The Morgan fingerprint density at radius 1 is 1.00 bits per heavy atom. The van der Waals surface area contributed by atoms with Crippen LogP contribution < -0.4 is 5.30 Å². The van der Waals surface area contributed by atoms with Crippen LogP contribution in [-0.4, -0.2) is 25.2 Å². The summed E-state index contributed by atoms with van der Waals surface area (Å²) in [5, 5.41) is 1.30. The molecule has 0 saturated carbocycles. The van der Waals surface area contributed by atoms with E-state index in [1.54, 1.807) is 0 Å². The molecule has 0 radical (unpaired) electrons. The summed E-state index contributed by atoms with van der Waals surface area (Å²) in [7, 11) is -3.69. The third kappa shape index (κ3) is 7.71. The zero-order chi connectivity index (χ0) is 16.5. The van der Waals surface area contributed by atoms with Crippen LogP contribution >= 0.6 is 8.58 Å². The van der Waals surface area contributed by atoms with Crippen molar-refractivity contribution in [3.63, 3.8) is 0 Å². The zero-order valence-electron chi connectivity index (χ0n) is 12.8. The first kappa shape index (κ1) is 18.1. The van der Waals surface area contributed by atoms with Gasteiger partial charge >= 0.3 is 10.4 Å². The summed E-state index contributed by atoms with van der Waals surface area (Å²) in [5.74, 6) is 0. The molecular formula is C17H21O4PS. The van der Waals surface area contributed by atoms with Gasteiger partial charge in [0.2, 0.25) is 0 Å². The van der Waals surface area contributed by atoms with Crippen LogP contribution in [0.1, 0.15) is 18.4 Å². The van der Waals surface area contributed by atoms with Gasteiger partial charge in [-0.15, -0.1) is 0 Å². The molecule has 2 atom stereocenters. The van der Waals surface area contributed by atoms with Crippen molar-refractivity contribution < 1.29 is 17.2 Å². The monoisotopic (exact) mass is 352 g/mol. The fourth-order valence-electron chi connectivity index (χ4n) is 2.39. The molecule has 0 saturated heterocycles. The van der Waals surface area contributed by atoms with E-state index in [4.69, 9.17) is 4.55 Å². The largest absolute Gasteiger partial charge is 0.397 e. The lowest BCUT2D eigenvalue weighted by Gasteiger charge is -2.17. The molecule has 4 nitrogen and oxygen atoms in total. The van der Waals surface area contributed by atoms with Gasteiger partial charge in [-0.3, -0.25) is 4.55 Å². The molecule has 2 aromatic carbocycles. The average Bonchev–Trinajstić information content (AvgIpc) is 2.52. The van der Waals surface area contributed by atoms with Crippen LogP contribution in [0.4, 0.5) is 0 Å². The van der Waals surface area contributed by atoms with E-state index in [2.05, 4.69) is 28.4 Å². The molecule has 0 aliphatic heterocycles. The van der Waals surface area contributed by atoms with Crippen molar-refractivity contribution in [2.45, 2.75) is 24.9 Å². The third-order valence-electron chi connectivity index (χ3n) is 3.40. The average molecular weight is 352 g/mol. The van der Waals surface area contributed by atoms with Gasteiger partial charge in [-0.2, -0.15) is 8.42 Å². The normalized spacial score (nSPS) is 13.4. The minimum Gasteiger partial charge on any atom is -0.264 e. The molecule has 0 aliphatic carbocycles. The van der Waals surface area contributed by atoms with Crippen molar-refractivity contribution in [3.05, 3.63) is 66.2 Å². The molecule has 1 unspecified atom stereocenters. The van der Waals surface area contributed by atoms with Gasteiger partial charge in [0.05, 0.1) is 6.61 Å².